The quantitative estimate of drug-likeness (QED) is 0.481. The number of rotatable bonds is 2. The van der Waals surface area contributed by atoms with Gasteiger partial charge >= 0.3 is 0 Å². The van der Waals surface area contributed by atoms with E-state index < -0.39 is 0 Å². The van der Waals surface area contributed by atoms with E-state index in [1.807, 2.05) is 13.0 Å². The van der Waals surface area contributed by atoms with Crippen LogP contribution in [0.4, 0.5) is 0 Å². The minimum atomic E-state index is 0.558. The first-order valence-corrected chi connectivity index (χ1v) is 3.18. The van der Waals surface area contributed by atoms with Gasteiger partial charge in [0.05, 0.1) is 11.6 Å². The second-order valence-corrected chi connectivity index (χ2v) is 1.76. The van der Waals surface area contributed by atoms with Gasteiger partial charge in [-0.05, 0) is 20.0 Å². The molecule has 0 heterocycles. The summed E-state index contributed by atoms with van der Waals surface area (Å²) in [5.41, 5.74) is 5.92. The van der Waals surface area contributed by atoms with E-state index >= 15 is 0 Å². The van der Waals surface area contributed by atoms with Crippen LogP contribution in [0.1, 0.15) is 6.92 Å². The lowest BCUT2D eigenvalue weighted by atomic mass is 10.2. The van der Waals surface area contributed by atoms with Crippen molar-refractivity contribution in [3.8, 4) is 6.07 Å². The van der Waals surface area contributed by atoms with Gasteiger partial charge in [-0.2, -0.15) is 5.26 Å². The fourth-order valence-electron chi connectivity index (χ4n) is 0.402. The minimum Gasteiger partial charge on any atom is -0.333 e. The number of allylic oxidation sites excluding steroid dienone is 4. The number of hydrogen-bond donors (Lipinski definition) is 1. The molecule has 0 aliphatic heterocycles. The first kappa shape index (κ1) is 12.4. The molecule has 0 aromatic heterocycles. The Bertz CT molecular complexity index is 194. The van der Waals surface area contributed by atoms with Crippen LogP contribution in [-0.4, -0.2) is 7.05 Å². The average Bonchev–Trinajstić information content (AvgIpc) is 2.03. The molecular formula is C9H14N2. The predicted octanol–water partition coefficient (Wildman–Crippen LogP) is 1.77. The average molecular weight is 150 g/mol. The van der Waals surface area contributed by atoms with Crippen LogP contribution in [-0.2, 0) is 0 Å². The van der Waals surface area contributed by atoms with Crippen molar-refractivity contribution in [2.24, 2.45) is 5.73 Å². The van der Waals surface area contributed by atoms with E-state index in [0.29, 0.717) is 5.57 Å². The monoisotopic (exact) mass is 150 g/mol. The van der Waals surface area contributed by atoms with Crippen LogP contribution in [0.2, 0.25) is 0 Å². The van der Waals surface area contributed by atoms with Crippen LogP contribution in [0.5, 0.6) is 0 Å². The van der Waals surface area contributed by atoms with E-state index in [4.69, 9.17) is 5.26 Å². The molecule has 0 saturated carbocycles. The molecule has 0 aromatic rings. The van der Waals surface area contributed by atoms with Gasteiger partial charge in [-0.3, -0.25) is 0 Å². The van der Waals surface area contributed by atoms with Crippen molar-refractivity contribution in [2.75, 3.05) is 7.05 Å². The zero-order chi connectivity index (χ0) is 9.28. The summed E-state index contributed by atoms with van der Waals surface area (Å²) in [4.78, 5) is 0. The van der Waals surface area contributed by atoms with Crippen LogP contribution in [0, 0.1) is 11.3 Å². The van der Waals surface area contributed by atoms with Gasteiger partial charge in [0, 0.05) is 0 Å². The van der Waals surface area contributed by atoms with Gasteiger partial charge in [0.25, 0.3) is 0 Å². The highest BCUT2D eigenvalue weighted by atomic mass is 14.4. The van der Waals surface area contributed by atoms with Crippen molar-refractivity contribution in [2.45, 2.75) is 6.92 Å². The van der Waals surface area contributed by atoms with E-state index in [0.717, 1.165) is 5.57 Å². The van der Waals surface area contributed by atoms with Gasteiger partial charge in [0.2, 0.25) is 0 Å². The standard InChI is InChI=1S/C8H9N.CH5N/c1-4-8(6-9)5-7(2)3;1-2/h4-5H,1-2H2,3H3;2H2,1H3/b8-5+;. The molecule has 0 aliphatic carbocycles. The summed E-state index contributed by atoms with van der Waals surface area (Å²) >= 11 is 0. The Morgan fingerprint density at radius 3 is 2.09 bits per heavy atom. The van der Waals surface area contributed by atoms with E-state index in [9.17, 15) is 0 Å². The van der Waals surface area contributed by atoms with Gasteiger partial charge in [-0.1, -0.05) is 24.8 Å². The van der Waals surface area contributed by atoms with Crippen LogP contribution < -0.4 is 5.73 Å². The summed E-state index contributed by atoms with van der Waals surface area (Å²) in [6.45, 7) is 8.90. The first-order chi connectivity index (χ1) is 5.20. The third-order valence-electron chi connectivity index (χ3n) is 0.751. The summed E-state index contributed by atoms with van der Waals surface area (Å²) < 4.78 is 0. The Labute approximate surface area is 68.3 Å². The largest absolute Gasteiger partial charge is 0.333 e. The molecule has 2 N–H and O–H groups in total. The van der Waals surface area contributed by atoms with Crippen LogP contribution >= 0.6 is 0 Å². The summed E-state index contributed by atoms with van der Waals surface area (Å²) in [6, 6.07) is 1.97. The molecule has 0 bridgehead atoms. The number of nitrogens with two attached hydrogens (primary N) is 1. The zero-order valence-electron chi connectivity index (χ0n) is 7.09. The molecular weight excluding hydrogens is 136 g/mol. The molecule has 0 unspecified atom stereocenters. The molecule has 60 valence electrons. The molecule has 2 nitrogen and oxygen atoms in total. The van der Waals surface area contributed by atoms with Gasteiger partial charge < -0.3 is 5.73 Å². The van der Waals surface area contributed by atoms with Crippen molar-refractivity contribution in [1.82, 2.24) is 0 Å². The van der Waals surface area contributed by atoms with Gasteiger partial charge in [0.15, 0.2) is 0 Å². The van der Waals surface area contributed by atoms with Crippen LogP contribution in [0.3, 0.4) is 0 Å². The summed E-state index contributed by atoms with van der Waals surface area (Å²) in [5.74, 6) is 0. The lowest BCUT2D eigenvalue weighted by molar-refractivity contribution is 1.47. The number of hydrogen-bond acceptors (Lipinski definition) is 2. The smallest absolute Gasteiger partial charge is 0.0991 e. The Hall–Kier alpha value is -1.33. The molecule has 0 aromatic carbocycles. The molecule has 0 rings (SSSR count). The maximum absolute atomic E-state index is 8.34. The highest BCUT2D eigenvalue weighted by Crippen LogP contribution is 1.98. The molecule has 11 heavy (non-hydrogen) atoms. The Balaban J connectivity index is 0. The van der Waals surface area contributed by atoms with Gasteiger partial charge in [-0.25, -0.2) is 0 Å². The molecule has 0 saturated heterocycles. The molecule has 0 spiro atoms. The lowest BCUT2D eigenvalue weighted by Gasteiger charge is -1.85. The summed E-state index contributed by atoms with van der Waals surface area (Å²) in [6.07, 6.45) is 3.20. The fraction of sp³-hybridized carbons (Fsp3) is 0.222. The topological polar surface area (TPSA) is 49.8 Å². The zero-order valence-corrected chi connectivity index (χ0v) is 7.09. The lowest BCUT2D eigenvalue weighted by Crippen LogP contribution is -1.70. The predicted molar refractivity (Wildman–Crippen MR) is 48.8 cm³/mol. The molecule has 0 amide bonds. The van der Waals surface area contributed by atoms with Crippen molar-refractivity contribution in [1.29, 1.82) is 5.26 Å². The van der Waals surface area contributed by atoms with E-state index in [-0.39, 0.29) is 0 Å². The minimum absolute atomic E-state index is 0.558. The fourth-order valence-corrected chi connectivity index (χ4v) is 0.402. The second kappa shape index (κ2) is 8.67. The van der Waals surface area contributed by atoms with Crippen molar-refractivity contribution in [3.63, 3.8) is 0 Å². The third kappa shape index (κ3) is 8.67. The molecule has 2 heteroatoms. The molecule has 0 aliphatic rings. The van der Waals surface area contributed by atoms with Crippen molar-refractivity contribution < 1.29 is 0 Å². The Kier molecular flexibility index (Phi) is 9.74. The third-order valence-corrected chi connectivity index (χ3v) is 0.751. The highest BCUT2D eigenvalue weighted by Gasteiger charge is 1.83. The highest BCUT2D eigenvalue weighted by molar-refractivity contribution is 5.36. The van der Waals surface area contributed by atoms with Gasteiger partial charge in [-0.15, -0.1) is 0 Å². The Morgan fingerprint density at radius 1 is 1.55 bits per heavy atom. The normalized spacial score (nSPS) is 8.73. The second-order valence-electron chi connectivity index (χ2n) is 1.76. The summed E-state index contributed by atoms with van der Waals surface area (Å²) in [7, 11) is 1.50. The maximum Gasteiger partial charge on any atom is 0.0991 e. The number of nitriles is 1. The van der Waals surface area contributed by atoms with Crippen molar-refractivity contribution in [3.05, 3.63) is 36.5 Å². The van der Waals surface area contributed by atoms with E-state index in [1.165, 1.54) is 13.1 Å². The summed E-state index contributed by atoms with van der Waals surface area (Å²) in [5, 5.41) is 8.34. The molecule has 0 fully saturated rings. The molecule has 0 radical (unpaired) electrons. The van der Waals surface area contributed by atoms with E-state index in [2.05, 4.69) is 18.9 Å². The maximum atomic E-state index is 8.34. The SMILES string of the molecule is C=C/C(C#N)=C\C(=C)C.CN. The molecule has 0 atom stereocenters. The van der Waals surface area contributed by atoms with Crippen LogP contribution in [0.15, 0.2) is 36.5 Å². The van der Waals surface area contributed by atoms with Crippen LogP contribution in [0.25, 0.3) is 0 Å². The number of nitrogens with zero attached hydrogens (tertiary/aromatic N) is 1. The first-order valence-electron chi connectivity index (χ1n) is 3.18. The van der Waals surface area contributed by atoms with Crippen molar-refractivity contribution >= 4 is 0 Å². The van der Waals surface area contributed by atoms with E-state index in [1.54, 1.807) is 6.08 Å². The Morgan fingerprint density at radius 2 is 2.00 bits per heavy atom. The van der Waals surface area contributed by atoms with Gasteiger partial charge in [0.1, 0.15) is 0 Å².